The Kier molecular flexibility index (Phi) is 3.69. The van der Waals surface area contributed by atoms with Gasteiger partial charge in [0.15, 0.2) is 17.4 Å². The van der Waals surface area contributed by atoms with Crippen LogP contribution < -0.4 is 4.90 Å². The zero-order valence-electron chi connectivity index (χ0n) is 11.5. The van der Waals surface area contributed by atoms with E-state index in [1.54, 1.807) is 0 Å². The predicted octanol–water partition coefficient (Wildman–Crippen LogP) is 3.60. The van der Waals surface area contributed by atoms with Gasteiger partial charge in [-0.3, -0.25) is 4.79 Å². The molecule has 0 aromatic heterocycles. The monoisotopic (exact) mass is 287 g/mol. The lowest BCUT2D eigenvalue weighted by Gasteiger charge is -2.18. The van der Waals surface area contributed by atoms with Crippen molar-refractivity contribution in [1.82, 2.24) is 0 Å². The molecule has 21 heavy (non-hydrogen) atoms. The first-order valence-corrected chi connectivity index (χ1v) is 6.97. The molecule has 108 valence electrons. The van der Waals surface area contributed by atoms with Gasteiger partial charge in [0.25, 0.3) is 0 Å². The highest BCUT2D eigenvalue weighted by Crippen LogP contribution is 2.27. The molecule has 0 amide bonds. The number of anilines is 1. The summed E-state index contributed by atoms with van der Waals surface area (Å²) in [5.41, 5.74) is 2.23. The quantitative estimate of drug-likeness (QED) is 0.801. The average molecular weight is 287 g/mol. The van der Waals surface area contributed by atoms with E-state index >= 15 is 0 Å². The Morgan fingerprint density at radius 3 is 2.76 bits per heavy atom. The molecule has 1 aliphatic rings. The SMILES string of the molecule is O=C(CCN1CCc2ccccc21)c1cccc(F)c1F. The molecule has 2 aromatic carbocycles. The smallest absolute Gasteiger partial charge is 0.169 e. The fraction of sp³-hybridized carbons (Fsp3) is 0.235. The van der Waals surface area contributed by atoms with Crippen molar-refractivity contribution in [3.63, 3.8) is 0 Å². The van der Waals surface area contributed by atoms with Gasteiger partial charge in [-0.2, -0.15) is 0 Å². The van der Waals surface area contributed by atoms with Crippen LogP contribution in [0, 0.1) is 11.6 Å². The Morgan fingerprint density at radius 1 is 1.10 bits per heavy atom. The summed E-state index contributed by atoms with van der Waals surface area (Å²) >= 11 is 0. The lowest BCUT2D eigenvalue weighted by molar-refractivity contribution is 0.0980. The molecule has 0 bridgehead atoms. The second kappa shape index (κ2) is 5.64. The fourth-order valence-electron chi connectivity index (χ4n) is 2.73. The number of para-hydroxylation sites is 1. The van der Waals surface area contributed by atoms with E-state index in [0.717, 1.165) is 24.7 Å². The van der Waals surface area contributed by atoms with Crippen LogP contribution in [0.3, 0.4) is 0 Å². The zero-order valence-corrected chi connectivity index (χ0v) is 11.5. The molecule has 3 rings (SSSR count). The van der Waals surface area contributed by atoms with Crippen LogP contribution in [0.5, 0.6) is 0 Å². The molecule has 0 spiro atoms. The number of ketones is 1. The zero-order chi connectivity index (χ0) is 14.8. The average Bonchev–Trinajstić information content (AvgIpc) is 2.91. The number of carbonyl (C=O) groups excluding carboxylic acids is 1. The first-order chi connectivity index (χ1) is 10.2. The molecule has 2 nitrogen and oxygen atoms in total. The van der Waals surface area contributed by atoms with Gasteiger partial charge in [0.1, 0.15) is 0 Å². The van der Waals surface area contributed by atoms with Crippen molar-refractivity contribution >= 4 is 11.5 Å². The van der Waals surface area contributed by atoms with E-state index in [0.29, 0.717) is 6.54 Å². The maximum Gasteiger partial charge on any atom is 0.169 e. The summed E-state index contributed by atoms with van der Waals surface area (Å²) < 4.78 is 26.7. The van der Waals surface area contributed by atoms with E-state index < -0.39 is 11.6 Å². The first-order valence-electron chi connectivity index (χ1n) is 6.97. The molecule has 0 N–H and O–H groups in total. The maximum absolute atomic E-state index is 13.6. The van der Waals surface area contributed by atoms with E-state index in [4.69, 9.17) is 0 Å². The van der Waals surface area contributed by atoms with Crippen molar-refractivity contribution < 1.29 is 13.6 Å². The Hall–Kier alpha value is -2.23. The molecule has 0 atom stereocenters. The number of nitrogens with zero attached hydrogens (tertiary/aromatic N) is 1. The molecule has 0 aliphatic carbocycles. The molecule has 1 aliphatic heterocycles. The van der Waals surface area contributed by atoms with Gasteiger partial charge in [-0.15, -0.1) is 0 Å². The summed E-state index contributed by atoms with van der Waals surface area (Å²) in [6.07, 6.45) is 1.13. The Bertz CT molecular complexity index is 684. The van der Waals surface area contributed by atoms with Crippen LogP contribution in [0.15, 0.2) is 42.5 Å². The van der Waals surface area contributed by atoms with Crippen LogP contribution in [-0.2, 0) is 6.42 Å². The second-order valence-electron chi connectivity index (χ2n) is 5.14. The number of carbonyl (C=O) groups is 1. The van der Waals surface area contributed by atoms with Gasteiger partial charge < -0.3 is 4.90 Å². The maximum atomic E-state index is 13.6. The normalized spacial score (nSPS) is 13.3. The van der Waals surface area contributed by atoms with Gasteiger partial charge in [0.2, 0.25) is 0 Å². The van der Waals surface area contributed by atoms with Crippen LogP contribution in [0.4, 0.5) is 14.5 Å². The van der Waals surface area contributed by atoms with Crippen LogP contribution in [0.25, 0.3) is 0 Å². The number of benzene rings is 2. The van der Waals surface area contributed by atoms with E-state index in [2.05, 4.69) is 11.0 Å². The second-order valence-corrected chi connectivity index (χ2v) is 5.14. The highest BCUT2D eigenvalue weighted by Gasteiger charge is 2.20. The molecule has 0 radical (unpaired) electrons. The van der Waals surface area contributed by atoms with Crippen LogP contribution in [-0.4, -0.2) is 18.9 Å². The third-order valence-corrected chi connectivity index (χ3v) is 3.84. The minimum atomic E-state index is -1.05. The van der Waals surface area contributed by atoms with Crippen molar-refractivity contribution in [2.45, 2.75) is 12.8 Å². The topological polar surface area (TPSA) is 20.3 Å². The van der Waals surface area contributed by atoms with Crippen LogP contribution >= 0.6 is 0 Å². The molecule has 0 unspecified atom stereocenters. The van der Waals surface area contributed by atoms with Gasteiger partial charge >= 0.3 is 0 Å². The molecule has 0 saturated heterocycles. The largest absolute Gasteiger partial charge is 0.371 e. The molecule has 0 saturated carbocycles. The molecular weight excluding hydrogens is 272 g/mol. The van der Waals surface area contributed by atoms with E-state index in [-0.39, 0.29) is 17.8 Å². The fourth-order valence-corrected chi connectivity index (χ4v) is 2.73. The van der Waals surface area contributed by atoms with E-state index in [1.165, 1.54) is 17.7 Å². The predicted molar refractivity (Wildman–Crippen MR) is 77.7 cm³/mol. The van der Waals surface area contributed by atoms with E-state index in [1.807, 2.05) is 18.2 Å². The van der Waals surface area contributed by atoms with Crippen LogP contribution in [0.1, 0.15) is 22.3 Å². The first kappa shape index (κ1) is 13.7. The number of rotatable bonds is 4. The number of fused-ring (bicyclic) bond motifs is 1. The Labute approximate surface area is 122 Å². The van der Waals surface area contributed by atoms with E-state index in [9.17, 15) is 13.6 Å². The Balaban J connectivity index is 1.69. The van der Waals surface area contributed by atoms with Gasteiger partial charge in [0, 0.05) is 25.2 Å². The Morgan fingerprint density at radius 2 is 1.90 bits per heavy atom. The summed E-state index contributed by atoms with van der Waals surface area (Å²) in [5.74, 6) is -2.40. The third-order valence-electron chi connectivity index (χ3n) is 3.84. The summed E-state index contributed by atoms with van der Waals surface area (Å²) in [7, 11) is 0. The molecular formula is C17H15F2NO. The molecule has 4 heteroatoms. The lowest BCUT2D eigenvalue weighted by Crippen LogP contribution is -2.24. The standard InChI is InChI=1S/C17H15F2NO/c18-14-6-3-5-13(17(14)19)16(21)9-11-20-10-8-12-4-1-2-7-15(12)20/h1-7H,8-11H2. The van der Waals surface area contributed by atoms with Crippen molar-refractivity contribution in [1.29, 1.82) is 0 Å². The third kappa shape index (κ3) is 2.66. The molecule has 0 fully saturated rings. The van der Waals surface area contributed by atoms with Crippen molar-refractivity contribution in [3.8, 4) is 0 Å². The van der Waals surface area contributed by atoms with Crippen molar-refractivity contribution in [3.05, 3.63) is 65.2 Å². The van der Waals surface area contributed by atoms with Crippen LogP contribution in [0.2, 0.25) is 0 Å². The molecule has 1 heterocycles. The number of halogens is 2. The lowest BCUT2D eigenvalue weighted by atomic mass is 10.1. The number of hydrogen-bond acceptors (Lipinski definition) is 2. The number of Topliss-reactive ketones (excluding diaryl/α,β-unsaturated/α-hetero) is 1. The van der Waals surface area contributed by atoms with Gasteiger partial charge in [-0.25, -0.2) is 8.78 Å². The number of hydrogen-bond donors (Lipinski definition) is 0. The summed E-state index contributed by atoms with van der Waals surface area (Å²) in [6.45, 7) is 1.38. The highest BCUT2D eigenvalue weighted by molar-refractivity contribution is 5.96. The minimum Gasteiger partial charge on any atom is -0.371 e. The van der Waals surface area contributed by atoms with Gasteiger partial charge in [-0.1, -0.05) is 24.3 Å². The van der Waals surface area contributed by atoms with Crippen molar-refractivity contribution in [2.75, 3.05) is 18.0 Å². The summed E-state index contributed by atoms with van der Waals surface area (Å²) in [6, 6.07) is 11.8. The summed E-state index contributed by atoms with van der Waals surface area (Å²) in [5, 5.41) is 0. The van der Waals surface area contributed by atoms with Crippen molar-refractivity contribution in [2.24, 2.45) is 0 Å². The highest BCUT2D eigenvalue weighted by atomic mass is 19.2. The van der Waals surface area contributed by atoms with Gasteiger partial charge in [0.05, 0.1) is 5.56 Å². The van der Waals surface area contributed by atoms with Gasteiger partial charge in [-0.05, 0) is 30.2 Å². The molecule has 2 aromatic rings. The minimum absolute atomic E-state index is 0.164. The summed E-state index contributed by atoms with van der Waals surface area (Å²) in [4.78, 5) is 14.2.